The molecule has 0 bridgehead atoms. The van der Waals surface area contributed by atoms with E-state index in [0.717, 1.165) is 30.1 Å². The fourth-order valence-electron chi connectivity index (χ4n) is 2.74. The minimum absolute atomic E-state index is 0.432. The van der Waals surface area contributed by atoms with Crippen LogP contribution in [0.5, 0.6) is 0 Å². The van der Waals surface area contributed by atoms with Crippen molar-refractivity contribution in [1.82, 2.24) is 5.32 Å². The highest BCUT2D eigenvalue weighted by Crippen LogP contribution is 2.44. The summed E-state index contributed by atoms with van der Waals surface area (Å²) in [6, 6.07) is 8.65. The van der Waals surface area contributed by atoms with Crippen molar-refractivity contribution in [2.45, 2.75) is 38.3 Å². The van der Waals surface area contributed by atoms with E-state index >= 15 is 0 Å². The molecule has 0 aromatic heterocycles. The molecular weight excluding hydrogens is 252 g/mol. The van der Waals surface area contributed by atoms with E-state index in [-0.39, 0.29) is 0 Å². The van der Waals surface area contributed by atoms with Crippen LogP contribution < -0.4 is 10.6 Å². The van der Waals surface area contributed by atoms with Crippen molar-refractivity contribution in [2.24, 2.45) is 11.8 Å². The van der Waals surface area contributed by atoms with Crippen LogP contribution in [0.25, 0.3) is 0 Å². The van der Waals surface area contributed by atoms with Crippen molar-refractivity contribution in [3.63, 3.8) is 0 Å². The standard InChI is InChI=1S/C16H22N2O2/c1-20-16(19)18-14-8-2-11(3-9-14)10-17-15(12-4-5-12)13-6-7-13/h2-3,8-9,12-13,15,17H,4-7,10H2,1H3,(H,18,19). The number of hydrogen-bond acceptors (Lipinski definition) is 3. The van der Waals surface area contributed by atoms with Crippen LogP contribution >= 0.6 is 0 Å². The van der Waals surface area contributed by atoms with E-state index in [1.807, 2.05) is 12.1 Å². The van der Waals surface area contributed by atoms with E-state index in [2.05, 4.69) is 27.5 Å². The molecule has 1 aromatic rings. The molecule has 0 heterocycles. The summed E-state index contributed by atoms with van der Waals surface area (Å²) < 4.78 is 4.57. The van der Waals surface area contributed by atoms with Crippen LogP contribution in [0.3, 0.4) is 0 Å². The Kier molecular flexibility index (Phi) is 3.92. The molecule has 2 aliphatic rings. The molecular formula is C16H22N2O2. The van der Waals surface area contributed by atoms with E-state index in [0.29, 0.717) is 0 Å². The van der Waals surface area contributed by atoms with Crippen molar-refractivity contribution < 1.29 is 9.53 Å². The first kappa shape index (κ1) is 13.4. The molecule has 108 valence electrons. The molecule has 1 amide bonds. The minimum atomic E-state index is -0.432. The van der Waals surface area contributed by atoms with Crippen LogP contribution in [0, 0.1) is 11.8 Å². The monoisotopic (exact) mass is 274 g/mol. The largest absolute Gasteiger partial charge is 0.453 e. The van der Waals surface area contributed by atoms with Crippen molar-refractivity contribution in [3.05, 3.63) is 29.8 Å². The van der Waals surface area contributed by atoms with Gasteiger partial charge in [0.15, 0.2) is 0 Å². The van der Waals surface area contributed by atoms with Gasteiger partial charge in [-0.1, -0.05) is 12.1 Å². The summed E-state index contributed by atoms with van der Waals surface area (Å²) in [5, 5.41) is 6.38. The molecule has 0 aliphatic heterocycles. The van der Waals surface area contributed by atoms with Gasteiger partial charge in [0, 0.05) is 18.3 Å². The topological polar surface area (TPSA) is 50.4 Å². The summed E-state index contributed by atoms with van der Waals surface area (Å²) in [5.74, 6) is 1.84. The van der Waals surface area contributed by atoms with E-state index < -0.39 is 6.09 Å². The van der Waals surface area contributed by atoms with Gasteiger partial charge in [-0.25, -0.2) is 4.79 Å². The SMILES string of the molecule is COC(=O)Nc1ccc(CNC(C2CC2)C2CC2)cc1. The Hall–Kier alpha value is -1.55. The molecule has 0 spiro atoms. The Morgan fingerprint density at radius 3 is 2.30 bits per heavy atom. The number of nitrogens with one attached hydrogen (secondary N) is 2. The molecule has 2 aliphatic carbocycles. The Morgan fingerprint density at radius 2 is 1.80 bits per heavy atom. The van der Waals surface area contributed by atoms with Gasteiger partial charge in [-0.3, -0.25) is 5.32 Å². The van der Waals surface area contributed by atoms with Gasteiger partial charge in [0.1, 0.15) is 0 Å². The molecule has 0 radical (unpaired) electrons. The molecule has 0 saturated heterocycles. The number of carbonyl (C=O) groups is 1. The highest BCUT2D eigenvalue weighted by Gasteiger charge is 2.40. The lowest BCUT2D eigenvalue weighted by atomic mass is 10.1. The number of amides is 1. The second-order valence-corrected chi connectivity index (χ2v) is 5.90. The summed E-state index contributed by atoms with van der Waals surface area (Å²) >= 11 is 0. The number of benzene rings is 1. The van der Waals surface area contributed by atoms with Crippen LogP contribution in [0.1, 0.15) is 31.2 Å². The number of hydrogen-bond donors (Lipinski definition) is 2. The molecule has 1 aromatic carbocycles. The van der Waals surface area contributed by atoms with Crippen LogP contribution in [0.4, 0.5) is 10.5 Å². The average molecular weight is 274 g/mol. The molecule has 4 heteroatoms. The first-order valence-electron chi connectivity index (χ1n) is 7.43. The van der Waals surface area contributed by atoms with Crippen molar-refractivity contribution in [1.29, 1.82) is 0 Å². The van der Waals surface area contributed by atoms with Gasteiger partial charge in [-0.05, 0) is 55.2 Å². The predicted molar refractivity (Wildman–Crippen MR) is 78.5 cm³/mol. The third-order valence-corrected chi connectivity index (χ3v) is 4.19. The quantitative estimate of drug-likeness (QED) is 0.838. The molecule has 4 nitrogen and oxygen atoms in total. The zero-order valence-electron chi connectivity index (χ0n) is 11.9. The lowest BCUT2D eigenvalue weighted by Gasteiger charge is -2.17. The number of rotatable bonds is 6. The van der Waals surface area contributed by atoms with Gasteiger partial charge >= 0.3 is 6.09 Å². The summed E-state index contributed by atoms with van der Waals surface area (Å²) in [5.41, 5.74) is 2.02. The first-order chi connectivity index (χ1) is 9.76. The van der Waals surface area contributed by atoms with Crippen LogP contribution in [-0.2, 0) is 11.3 Å². The minimum Gasteiger partial charge on any atom is -0.453 e. The number of ether oxygens (including phenoxy) is 1. The Bertz CT molecular complexity index is 452. The van der Waals surface area contributed by atoms with E-state index in [1.165, 1.54) is 38.4 Å². The second kappa shape index (κ2) is 5.83. The summed E-state index contributed by atoms with van der Waals surface area (Å²) in [6.45, 7) is 0.913. The van der Waals surface area contributed by atoms with Crippen molar-refractivity contribution >= 4 is 11.8 Å². The highest BCUT2D eigenvalue weighted by molar-refractivity contribution is 5.84. The summed E-state index contributed by atoms with van der Waals surface area (Å²) in [4.78, 5) is 11.1. The van der Waals surface area contributed by atoms with E-state index in [1.54, 1.807) is 0 Å². The molecule has 0 atom stereocenters. The maximum absolute atomic E-state index is 11.1. The predicted octanol–water partition coefficient (Wildman–Crippen LogP) is 3.14. The first-order valence-corrected chi connectivity index (χ1v) is 7.43. The van der Waals surface area contributed by atoms with Gasteiger partial charge < -0.3 is 10.1 Å². The van der Waals surface area contributed by atoms with Gasteiger partial charge in [0.05, 0.1) is 7.11 Å². The Labute approximate surface area is 119 Å². The molecule has 2 saturated carbocycles. The normalized spacial score (nSPS) is 18.1. The number of anilines is 1. The summed E-state index contributed by atoms with van der Waals surface area (Å²) in [7, 11) is 1.36. The lowest BCUT2D eigenvalue weighted by molar-refractivity contribution is 0.187. The number of methoxy groups -OCH3 is 1. The fraction of sp³-hybridized carbons (Fsp3) is 0.562. The van der Waals surface area contributed by atoms with E-state index in [9.17, 15) is 4.79 Å². The zero-order valence-corrected chi connectivity index (χ0v) is 11.9. The molecule has 0 unspecified atom stereocenters. The lowest BCUT2D eigenvalue weighted by Crippen LogP contribution is -2.32. The highest BCUT2D eigenvalue weighted by atomic mass is 16.5. The maximum atomic E-state index is 11.1. The number of carbonyl (C=O) groups excluding carboxylic acids is 1. The van der Waals surface area contributed by atoms with Gasteiger partial charge in [-0.2, -0.15) is 0 Å². The van der Waals surface area contributed by atoms with Crippen LogP contribution in [0.2, 0.25) is 0 Å². The Balaban J connectivity index is 1.51. The van der Waals surface area contributed by atoms with Crippen LogP contribution in [-0.4, -0.2) is 19.2 Å². The van der Waals surface area contributed by atoms with Gasteiger partial charge in [0.2, 0.25) is 0 Å². The zero-order chi connectivity index (χ0) is 13.9. The van der Waals surface area contributed by atoms with Gasteiger partial charge in [-0.15, -0.1) is 0 Å². The second-order valence-electron chi connectivity index (χ2n) is 5.90. The molecule has 3 rings (SSSR count). The third kappa shape index (κ3) is 3.51. The molecule has 2 fully saturated rings. The van der Waals surface area contributed by atoms with Crippen molar-refractivity contribution in [2.75, 3.05) is 12.4 Å². The van der Waals surface area contributed by atoms with Crippen LogP contribution in [0.15, 0.2) is 24.3 Å². The third-order valence-electron chi connectivity index (χ3n) is 4.19. The summed E-state index contributed by atoms with van der Waals surface area (Å²) in [6.07, 6.45) is 5.16. The molecule has 20 heavy (non-hydrogen) atoms. The smallest absolute Gasteiger partial charge is 0.411 e. The Morgan fingerprint density at radius 1 is 1.20 bits per heavy atom. The maximum Gasteiger partial charge on any atom is 0.411 e. The van der Waals surface area contributed by atoms with Gasteiger partial charge in [0.25, 0.3) is 0 Å². The van der Waals surface area contributed by atoms with Crippen molar-refractivity contribution in [3.8, 4) is 0 Å². The van der Waals surface area contributed by atoms with E-state index in [4.69, 9.17) is 0 Å². The fourth-order valence-corrected chi connectivity index (χ4v) is 2.74. The molecule has 2 N–H and O–H groups in total. The average Bonchev–Trinajstić information content (AvgIpc) is 3.34.